The highest BCUT2D eigenvalue weighted by Crippen LogP contribution is 1.93. The highest BCUT2D eigenvalue weighted by atomic mass is 16.5. The van der Waals surface area contributed by atoms with E-state index < -0.39 is 0 Å². The van der Waals surface area contributed by atoms with Gasteiger partial charge in [-0.1, -0.05) is 0 Å². The molecule has 0 saturated heterocycles. The van der Waals surface area contributed by atoms with E-state index in [1.807, 2.05) is 0 Å². The van der Waals surface area contributed by atoms with Crippen molar-refractivity contribution in [2.45, 2.75) is 33.3 Å². The predicted octanol–water partition coefficient (Wildman–Crippen LogP) is 1.37. The number of carbonyl (C=O) groups is 1. The molecule has 3 nitrogen and oxygen atoms in total. The summed E-state index contributed by atoms with van der Waals surface area (Å²) in [7, 11) is 0. The van der Waals surface area contributed by atoms with Crippen LogP contribution in [0.4, 0.5) is 0 Å². The molecule has 0 aliphatic heterocycles. The predicted molar refractivity (Wildman–Crippen MR) is 39.2 cm³/mol. The molecule has 0 amide bonds. The van der Waals surface area contributed by atoms with Crippen molar-refractivity contribution in [2.24, 2.45) is 0 Å². The van der Waals surface area contributed by atoms with Crippen LogP contribution in [0.25, 0.3) is 0 Å². The molecule has 0 radical (unpaired) electrons. The minimum Gasteiger partial charge on any atom is -0.463 e. The molecule has 0 aromatic heterocycles. The summed E-state index contributed by atoms with van der Waals surface area (Å²) in [5.74, 6) is -0.317. The van der Waals surface area contributed by atoms with Gasteiger partial charge in [0.15, 0.2) is 0 Å². The van der Waals surface area contributed by atoms with Gasteiger partial charge in [-0.2, -0.15) is 0 Å². The molecule has 0 aromatic rings. The van der Waals surface area contributed by atoms with Gasteiger partial charge in [0.2, 0.25) is 0 Å². The van der Waals surface area contributed by atoms with Crippen LogP contribution < -0.4 is 0 Å². The van der Waals surface area contributed by atoms with E-state index in [1.54, 1.807) is 20.8 Å². The maximum Gasteiger partial charge on any atom is 0.311 e. The number of rotatable bonds is 3. The zero-order valence-electron chi connectivity index (χ0n) is 6.60. The highest BCUT2D eigenvalue weighted by molar-refractivity contribution is 5.95. The monoisotopic (exact) mass is 143 g/mol. The van der Waals surface area contributed by atoms with Crippen LogP contribution in [0.15, 0.2) is 0 Å². The van der Waals surface area contributed by atoms with Crippen molar-refractivity contribution in [1.29, 1.82) is 5.41 Å². The van der Waals surface area contributed by atoms with Gasteiger partial charge < -0.3 is 10.1 Å². The Hall–Kier alpha value is -0.860. The van der Waals surface area contributed by atoms with Gasteiger partial charge in [0, 0.05) is 5.71 Å². The fourth-order valence-electron chi connectivity index (χ4n) is 0.521. The fraction of sp³-hybridized carbons (Fsp3) is 0.714. The van der Waals surface area contributed by atoms with Crippen LogP contribution in [0.5, 0.6) is 0 Å². The Morgan fingerprint density at radius 2 is 2.10 bits per heavy atom. The number of carbonyl (C=O) groups excluding carboxylic acids is 1. The standard InChI is InChI=1S/C7H13NO2/c1-5(2)10-7(9)4-6(3)8/h5,8H,4H2,1-3H3. The van der Waals surface area contributed by atoms with E-state index in [2.05, 4.69) is 0 Å². The highest BCUT2D eigenvalue weighted by Gasteiger charge is 2.04. The van der Waals surface area contributed by atoms with Crippen molar-refractivity contribution in [1.82, 2.24) is 0 Å². The van der Waals surface area contributed by atoms with Crippen LogP contribution in [-0.2, 0) is 9.53 Å². The van der Waals surface area contributed by atoms with E-state index in [4.69, 9.17) is 10.1 Å². The zero-order chi connectivity index (χ0) is 8.15. The number of nitrogens with one attached hydrogen (secondary N) is 1. The van der Waals surface area contributed by atoms with Crippen molar-refractivity contribution in [3.05, 3.63) is 0 Å². The van der Waals surface area contributed by atoms with Crippen LogP contribution in [0, 0.1) is 5.41 Å². The number of ether oxygens (including phenoxy) is 1. The normalized spacial score (nSPS) is 9.60. The van der Waals surface area contributed by atoms with E-state index >= 15 is 0 Å². The third-order valence-electron chi connectivity index (χ3n) is 0.777. The van der Waals surface area contributed by atoms with Crippen molar-refractivity contribution in [3.8, 4) is 0 Å². The Balaban J connectivity index is 3.54. The molecular weight excluding hydrogens is 130 g/mol. The maximum atomic E-state index is 10.7. The lowest BCUT2D eigenvalue weighted by atomic mass is 10.3. The van der Waals surface area contributed by atoms with Crippen molar-refractivity contribution in [3.63, 3.8) is 0 Å². The summed E-state index contributed by atoms with van der Waals surface area (Å²) in [6.07, 6.45) is 0.0323. The van der Waals surface area contributed by atoms with E-state index in [9.17, 15) is 4.79 Å². The van der Waals surface area contributed by atoms with E-state index in [1.165, 1.54) is 0 Å². The SMILES string of the molecule is CC(=N)CC(=O)OC(C)C. The quantitative estimate of drug-likeness (QED) is 0.479. The summed E-state index contributed by atoms with van der Waals surface area (Å²) >= 11 is 0. The minimum absolute atomic E-state index is 0.0770. The van der Waals surface area contributed by atoms with E-state index in [0.29, 0.717) is 5.71 Å². The van der Waals surface area contributed by atoms with Gasteiger partial charge in [0.1, 0.15) is 0 Å². The van der Waals surface area contributed by atoms with Gasteiger partial charge in [-0.15, -0.1) is 0 Å². The van der Waals surface area contributed by atoms with Crippen molar-refractivity contribution >= 4 is 11.7 Å². The third kappa shape index (κ3) is 5.28. The van der Waals surface area contributed by atoms with Gasteiger partial charge in [0.05, 0.1) is 12.5 Å². The molecule has 1 N–H and O–H groups in total. The Kier molecular flexibility index (Phi) is 3.69. The van der Waals surface area contributed by atoms with Gasteiger partial charge in [-0.25, -0.2) is 0 Å². The molecule has 0 bridgehead atoms. The molecule has 0 spiro atoms. The fourth-order valence-corrected chi connectivity index (χ4v) is 0.521. The lowest BCUT2D eigenvalue weighted by Gasteiger charge is -2.05. The van der Waals surface area contributed by atoms with Gasteiger partial charge in [-0.05, 0) is 20.8 Å². The summed E-state index contributed by atoms with van der Waals surface area (Å²) in [4.78, 5) is 10.7. The Morgan fingerprint density at radius 3 is 2.40 bits per heavy atom. The van der Waals surface area contributed by atoms with E-state index in [0.717, 1.165) is 0 Å². The minimum atomic E-state index is -0.317. The number of hydrogen-bond donors (Lipinski definition) is 1. The summed E-state index contributed by atoms with van der Waals surface area (Å²) in [6.45, 7) is 5.16. The van der Waals surface area contributed by atoms with Crippen LogP contribution in [-0.4, -0.2) is 17.8 Å². The summed E-state index contributed by atoms with van der Waals surface area (Å²) in [6, 6.07) is 0. The molecule has 0 aromatic carbocycles. The van der Waals surface area contributed by atoms with Crippen LogP contribution in [0.3, 0.4) is 0 Å². The van der Waals surface area contributed by atoms with Crippen LogP contribution in [0.2, 0.25) is 0 Å². The second kappa shape index (κ2) is 4.04. The topological polar surface area (TPSA) is 50.2 Å². The molecule has 0 heterocycles. The number of esters is 1. The molecular formula is C7H13NO2. The molecule has 0 unspecified atom stereocenters. The molecule has 58 valence electrons. The second-order valence-electron chi connectivity index (χ2n) is 2.50. The molecule has 0 aliphatic rings. The molecule has 0 rings (SSSR count). The maximum absolute atomic E-state index is 10.7. The lowest BCUT2D eigenvalue weighted by molar-refractivity contribution is -0.145. The molecule has 0 aliphatic carbocycles. The zero-order valence-corrected chi connectivity index (χ0v) is 6.60. The molecule has 0 fully saturated rings. The Labute approximate surface area is 60.9 Å². The Bertz CT molecular complexity index is 141. The first-order valence-corrected chi connectivity index (χ1v) is 3.26. The first kappa shape index (κ1) is 9.14. The van der Waals surface area contributed by atoms with E-state index in [-0.39, 0.29) is 18.5 Å². The number of hydrogen-bond acceptors (Lipinski definition) is 3. The average molecular weight is 143 g/mol. The third-order valence-corrected chi connectivity index (χ3v) is 0.777. The van der Waals surface area contributed by atoms with Crippen LogP contribution >= 0.6 is 0 Å². The molecule has 0 atom stereocenters. The smallest absolute Gasteiger partial charge is 0.311 e. The van der Waals surface area contributed by atoms with Crippen molar-refractivity contribution in [2.75, 3.05) is 0 Å². The van der Waals surface area contributed by atoms with Crippen molar-refractivity contribution < 1.29 is 9.53 Å². The van der Waals surface area contributed by atoms with Gasteiger partial charge >= 0.3 is 5.97 Å². The second-order valence-corrected chi connectivity index (χ2v) is 2.50. The van der Waals surface area contributed by atoms with Gasteiger partial charge in [-0.3, -0.25) is 4.79 Å². The molecule has 3 heteroatoms. The largest absolute Gasteiger partial charge is 0.463 e. The van der Waals surface area contributed by atoms with Gasteiger partial charge in [0.25, 0.3) is 0 Å². The molecule has 10 heavy (non-hydrogen) atoms. The molecule has 0 saturated carbocycles. The first-order chi connectivity index (χ1) is 4.52. The average Bonchev–Trinajstić information content (AvgIpc) is 1.58. The van der Waals surface area contributed by atoms with Crippen LogP contribution in [0.1, 0.15) is 27.2 Å². The summed E-state index contributed by atoms with van der Waals surface area (Å²) in [5.41, 5.74) is 0.339. The lowest BCUT2D eigenvalue weighted by Crippen LogP contribution is -2.13. The summed E-state index contributed by atoms with van der Waals surface area (Å²) in [5, 5.41) is 6.97. The Morgan fingerprint density at radius 1 is 1.60 bits per heavy atom. The summed E-state index contributed by atoms with van der Waals surface area (Å²) < 4.78 is 4.78. The first-order valence-electron chi connectivity index (χ1n) is 3.26.